The quantitative estimate of drug-likeness (QED) is 0.365. The van der Waals surface area contributed by atoms with Gasteiger partial charge in [-0.15, -0.1) is 11.3 Å². The van der Waals surface area contributed by atoms with Crippen LogP contribution in [0.5, 0.6) is 5.75 Å². The molecule has 8 heteroatoms. The standard InChI is InChI=1S/C19H15Cl2N3OS2/c1-25-13-3-5-16-17(8-13)24-19(23-16)27-10-12-9-26-18(22-12)7-11-2-4-14(20)15(21)6-11/h2-6,8-9H,7,10H2,1H3,(H,23,24). The number of hydrogen-bond acceptors (Lipinski definition) is 5. The Hall–Kier alpha value is -1.73. The summed E-state index contributed by atoms with van der Waals surface area (Å²) in [5.74, 6) is 1.57. The average Bonchev–Trinajstić information content (AvgIpc) is 3.28. The third kappa shape index (κ3) is 4.41. The van der Waals surface area contributed by atoms with E-state index in [-0.39, 0.29) is 0 Å². The van der Waals surface area contributed by atoms with Crippen molar-refractivity contribution in [1.29, 1.82) is 0 Å². The summed E-state index contributed by atoms with van der Waals surface area (Å²) in [6.07, 6.45) is 0.747. The van der Waals surface area contributed by atoms with Gasteiger partial charge in [0, 0.05) is 23.6 Å². The lowest BCUT2D eigenvalue weighted by atomic mass is 10.2. The molecular weight excluding hydrogens is 421 g/mol. The zero-order valence-electron chi connectivity index (χ0n) is 14.3. The molecule has 0 aliphatic heterocycles. The van der Waals surface area contributed by atoms with Crippen molar-refractivity contribution in [2.24, 2.45) is 0 Å². The Kier molecular flexibility index (Phi) is 5.59. The van der Waals surface area contributed by atoms with E-state index in [1.807, 2.05) is 36.4 Å². The molecular formula is C19H15Cl2N3OS2. The Bertz CT molecular complexity index is 1090. The maximum absolute atomic E-state index is 6.08. The minimum absolute atomic E-state index is 0.570. The second kappa shape index (κ2) is 8.10. The van der Waals surface area contributed by atoms with E-state index in [1.165, 1.54) is 0 Å². The second-order valence-corrected chi connectivity index (χ2v) is 8.59. The number of aromatic nitrogens is 3. The predicted octanol–water partition coefficient (Wildman–Crippen LogP) is 6.22. The zero-order valence-corrected chi connectivity index (χ0v) is 17.5. The number of aromatic amines is 1. The molecule has 0 atom stereocenters. The number of fused-ring (bicyclic) bond motifs is 1. The van der Waals surface area contributed by atoms with Gasteiger partial charge in [0.25, 0.3) is 0 Å². The summed E-state index contributed by atoms with van der Waals surface area (Å²) in [6.45, 7) is 0. The van der Waals surface area contributed by atoms with Crippen LogP contribution in [0.25, 0.3) is 11.0 Å². The molecule has 0 amide bonds. The van der Waals surface area contributed by atoms with Gasteiger partial charge in [0.15, 0.2) is 5.16 Å². The number of nitrogens with one attached hydrogen (secondary N) is 1. The Labute approximate surface area is 174 Å². The SMILES string of the molecule is COc1ccc2nc(SCc3csc(Cc4ccc(Cl)c(Cl)c4)n3)[nH]c2c1. The predicted molar refractivity (Wildman–Crippen MR) is 114 cm³/mol. The molecule has 2 heterocycles. The molecule has 0 bridgehead atoms. The highest BCUT2D eigenvalue weighted by Gasteiger charge is 2.09. The summed E-state index contributed by atoms with van der Waals surface area (Å²) < 4.78 is 5.25. The number of nitrogens with zero attached hydrogens (tertiary/aromatic N) is 2. The molecule has 0 fully saturated rings. The van der Waals surface area contributed by atoms with Crippen LogP contribution >= 0.6 is 46.3 Å². The number of H-pyrrole nitrogens is 1. The lowest BCUT2D eigenvalue weighted by Gasteiger charge is -2.00. The van der Waals surface area contributed by atoms with E-state index in [4.69, 9.17) is 32.9 Å². The first-order valence-electron chi connectivity index (χ1n) is 8.14. The Balaban J connectivity index is 1.41. The van der Waals surface area contributed by atoms with E-state index in [2.05, 4.69) is 15.3 Å². The number of imidazole rings is 1. The van der Waals surface area contributed by atoms with Crippen LogP contribution in [0.1, 0.15) is 16.3 Å². The van der Waals surface area contributed by atoms with Crippen LogP contribution in [0.3, 0.4) is 0 Å². The Morgan fingerprint density at radius 1 is 1.11 bits per heavy atom. The van der Waals surface area contributed by atoms with Gasteiger partial charge in [0.2, 0.25) is 0 Å². The monoisotopic (exact) mass is 435 g/mol. The molecule has 1 N–H and O–H groups in total. The van der Waals surface area contributed by atoms with Crippen LogP contribution in [0.2, 0.25) is 10.0 Å². The van der Waals surface area contributed by atoms with Gasteiger partial charge < -0.3 is 9.72 Å². The number of ether oxygens (including phenoxy) is 1. The fourth-order valence-corrected chi connectivity index (χ4v) is 4.66. The summed E-state index contributed by atoms with van der Waals surface area (Å²) in [4.78, 5) is 12.6. The summed E-state index contributed by atoms with van der Waals surface area (Å²) >= 11 is 15.3. The number of rotatable bonds is 6. The van der Waals surface area contributed by atoms with E-state index in [9.17, 15) is 0 Å². The third-order valence-electron chi connectivity index (χ3n) is 3.96. The van der Waals surface area contributed by atoms with Crippen molar-refractivity contribution in [3.8, 4) is 5.75 Å². The van der Waals surface area contributed by atoms with Gasteiger partial charge in [-0.3, -0.25) is 0 Å². The zero-order chi connectivity index (χ0) is 18.8. The van der Waals surface area contributed by atoms with Crippen LogP contribution in [-0.4, -0.2) is 22.1 Å². The van der Waals surface area contributed by atoms with Crippen LogP contribution in [0.15, 0.2) is 46.9 Å². The second-order valence-electron chi connectivity index (χ2n) is 5.87. The number of benzene rings is 2. The Morgan fingerprint density at radius 3 is 2.81 bits per heavy atom. The number of thiazole rings is 1. The molecule has 0 aliphatic rings. The topological polar surface area (TPSA) is 50.8 Å². The first-order valence-corrected chi connectivity index (χ1v) is 10.8. The molecule has 4 rings (SSSR count). The Morgan fingerprint density at radius 2 is 2.00 bits per heavy atom. The smallest absolute Gasteiger partial charge is 0.166 e. The molecule has 0 saturated heterocycles. The van der Waals surface area contributed by atoms with E-state index in [1.54, 1.807) is 30.2 Å². The van der Waals surface area contributed by atoms with Crippen molar-refractivity contribution in [2.45, 2.75) is 17.3 Å². The van der Waals surface area contributed by atoms with Gasteiger partial charge in [-0.1, -0.05) is 41.0 Å². The van der Waals surface area contributed by atoms with Crippen molar-refractivity contribution in [1.82, 2.24) is 15.0 Å². The molecule has 138 valence electrons. The van der Waals surface area contributed by atoms with Crippen LogP contribution in [0.4, 0.5) is 0 Å². The van der Waals surface area contributed by atoms with Crippen molar-refractivity contribution in [2.75, 3.05) is 7.11 Å². The number of methoxy groups -OCH3 is 1. The molecule has 0 aliphatic carbocycles. The summed E-state index contributed by atoms with van der Waals surface area (Å²) in [7, 11) is 1.66. The van der Waals surface area contributed by atoms with Gasteiger partial charge in [-0.05, 0) is 29.8 Å². The minimum atomic E-state index is 0.570. The van der Waals surface area contributed by atoms with Crippen molar-refractivity contribution in [3.05, 3.63) is 68.1 Å². The molecule has 0 unspecified atom stereocenters. The first kappa shape index (κ1) is 18.6. The lowest BCUT2D eigenvalue weighted by molar-refractivity contribution is 0.415. The van der Waals surface area contributed by atoms with Gasteiger partial charge in [-0.25, -0.2) is 9.97 Å². The van der Waals surface area contributed by atoms with E-state index in [0.29, 0.717) is 10.0 Å². The maximum atomic E-state index is 6.08. The van der Waals surface area contributed by atoms with Gasteiger partial charge in [-0.2, -0.15) is 0 Å². The molecule has 4 nitrogen and oxygen atoms in total. The first-order chi connectivity index (χ1) is 13.1. The average molecular weight is 436 g/mol. The highest BCUT2D eigenvalue weighted by molar-refractivity contribution is 7.98. The number of hydrogen-bond donors (Lipinski definition) is 1. The summed E-state index contributed by atoms with van der Waals surface area (Å²) in [5.41, 5.74) is 4.04. The molecule has 0 saturated carbocycles. The van der Waals surface area contributed by atoms with Crippen molar-refractivity contribution in [3.63, 3.8) is 0 Å². The third-order valence-corrected chi connectivity index (χ3v) is 6.51. The fraction of sp³-hybridized carbons (Fsp3) is 0.158. The van der Waals surface area contributed by atoms with E-state index in [0.717, 1.165) is 50.4 Å². The van der Waals surface area contributed by atoms with Crippen molar-refractivity contribution >= 4 is 57.3 Å². The van der Waals surface area contributed by atoms with Gasteiger partial charge in [0.1, 0.15) is 5.75 Å². The largest absolute Gasteiger partial charge is 0.497 e. The van der Waals surface area contributed by atoms with Gasteiger partial charge >= 0.3 is 0 Å². The van der Waals surface area contributed by atoms with Crippen LogP contribution in [-0.2, 0) is 12.2 Å². The highest BCUT2D eigenvalue weighted by Crippen LogP contribution is 2.27. The van der Waals surface area contributed by atoms with Crippen molar-refractivity contribution < 1.29 is 4.74 Å². The fourth-order valence-electron chi connectivity index (χ4n) is 2.62. The normalized spacial score (nSPS) is 11.2. The van der Waals surface area contributed by atoms with E-state index < -0.39 is 0 Å². The summed E-state index contributed by atoms with van der Waals surface area (Å²) in [5, 5.41) is 5.16. The molecule has 0 spiro atoms. The summed E-state index contributed by atoms with van der Waals surface area (Å²) in [6, 6.07) is 11.5. The molecule has 27 heavy (non-hydrogen) atoms. The highest BCUT2D eigenvalue weighted by atomic mass is 35.5. The molecule has 2 aromatic heterocycles. The van der Waals surface area contributed by atoms with Crippen LogP contribution in [0, 0.1) is 0 Å². The van der Waals surface area contributed by atoms with Crippen LogP contribution < -0.4 is 4.74 Å². The number of thioether (sulfide) groups is 1. The van der Waals surface area contributed by atoms with E-state index >= 15 is 0 Å². The van der Waals surface area contributed by atoms with Gasteiger partial charge in [0.05, 0.1) is 38.9 Å². The minimum Gasteiger partial charge on any atom is -0.497 e. The lowest BCUT2D eigenvalue weighted by Crippen LogP contribution is -1.89. The maximum Gasteiger partial charge on any atom is 0.166 e. The molecule has 2 aromatic carbocycles. The molecule has 0 radical (unpaired) electrons. The molecule has 4 aromatic rings. The number of halogens is 2.